The zero-order chi connectivity index (χ0) is 17.3. The Hall–Kier alpha value is -1.74. The van der Waals surface area contributed by atoms with Gasteiger partial charge in [-0.3, -0.25) is 9.71 Å². The van der Waals surface area contributed by atoms with Gasteiger partial charge in [-0.05, 0) is 12.1 Å². The number of thiophene rings is 1. The van der Waals surface area contributed by atoms with Crippen LogP contribution in [0.25, 0.3) is 10.1 Å². The number of nitrogens with zero attached hydrogens (tertiary/aromatic N) is 1. The SMILES string of the molecule is COc1cc(NS(=O)(=O)c2cc3cnccc3s2)c(OC)cc1Cl.Cl. The maximum absolute atomic E-state index is 12.7. The molecule has 0 aliphatic heterocycles. The lowest BCUT2D eigenvalue weighted by atomic mass is 10.3. The number of sulfonamides is 1. The lowest BCUT2D eigenvalue weighted by Crippen LogP contribution is -2.12. The van der Waals surface area contributed by atoms with Crippen LogP contribution in [-0.2, 0) is 10.0 Å². The van der Waals surface area contributed by atoms with Crippen molar-refractivity contribution < 1.29 is 17.9 Å². The number of methoxy groups -OCH3 is 2. The van der Waals surface area contributed by atoms with E-state index in [1.54, 1.807) is 24.5 Å². The average molecular weight is 421 g/mol. The zero-order valence-electron chi connectivity index (χ0n) is 13.1. The lowest BCUT2D eigenvalue weighted by Gasteiger charge is -2.13. The van der Waals surface area contributed by atoms with Crippen molar-refractivity contribution in [1.29, 1.82) is 0 Å². The molecule has 0 aliphatic carbocycles. The summed E-state index contributed by atoms with van der Waals surface area (Å²) < 4.78 is 39.2. The number of hydrogen-bond donors (Lipinski definition) is 1. The first kappa shape index (κ1) is 19.6. The number of halogens is 2. The van der Waals surface area contributed by atoms with Crippen LogP contribution in [0.2, 0.25) is 5.02 Å². The molecule has 0 amide bonds. The van der Waals surface area contributed by atoms with Gasteiger partial charge in [-0.1, -0.05) is 11.6 Å². The third-order valence-corrected chi connectivity index (χ3v) is 6.53. The van der Waals surface area contributed by atoms with Gasteiger partial charge in [-0.25, -0.2) is 8.42 Å². The number of fused-ring (bicyclic) bond motifs is 1. The van der Waals surface area contributed by atoms with Gasteiger partial charge in [0.05, 0.1) is 24.9 Å². The van der Waals surface area contributed by atoms with Gasteiger partial charge in [0, 0.05) is 34.6 Å². The number of anilines is 1. The van der Waals surface area contributed by atoms with Crippen LogP contribution in [0.4, 0.5) is 5.69 Å². The molecule has 3 rings (SSSR count). The van der Waals surface area contributed by atoms with Crippen molar-refractivity contribution in [3.63, 3.8) is 0 Å². The van der Waals surface area contributed by atoms with Crippen molar-refractivity contribution in [1.82, 2.24) is 4.98 Å². The van der Waals surface area contributed by atoms with E-state index in [0.717, 1.165) is 21.4 Å². The van der Waals surface area contributed by atoms with Crippen molar-refractivity contribution in [3.8, 4) is 11.5 Å². The second-order valence-corrected chi connectivity index (χ2v) is 8.17. The van der Waals surface area contributed by atoms with Crippen molar-refractivity contribution in [2.24, 2.45) is 0 Å². The third kappa shape index (κ3) is 3.92. The van der Waals surface area contributed by atoms with Crippen LogP contribution < -0.4 is 14.2 Å². The second-order valence-electron chi connectivity index (χ2n) is 4.77. The highest BCUT2D eigenvalue weighted by atomic mass is 35.5. The molecule has 1 aromatic carbocycles. The minimum Gasteiger partial charge on any atom is -0.495 e. The van der Waals surface area contributed by atoms with Crippen LogP contribution in [-0.4, -0.2) is 27.6 Å². The molecule has 0 atom stereocenters. The summed E-state index contributed by atoms with van der Waals surface area (Å²) in [4.78, 5) is 3.99. The molecule has 0 spiro atoms. The van der Waals surface area contributed by atoms with Crippen molar-refractivity contribution in [3.05, 3.63) is 41.7 Å². The molecule has 2 heterocycles. The summed E-state index contributed by atoms with van der Waals surface area (Å²) in [6.45, 7) is 0. The summed E-state index contributed by atoms with van der Waals surface area (Å²) in [6.07, 6.45) is 3.24. The Balaban J connectivity index is 0.00000225. The van der Waals surface area contributed by atoms with Crippen molar-refractivity contribution in [2.45, 2.75) is 4.21 Å². The Bertz CT molecular complexity index is 973. The molecule has 3 aromatic rings. The van der Waals surface area contributed by atoms with E-state index in [0.29, 0.717) is 16.5 Å². The predicted octanol–water partition coefficient (Wildman–Crippen LogP) is 4.19. The molecule has 0 saturated heterocycles. The molecule has 0 radical (unpaired) electrons. The number of benzene rings is 1. The summed E-state index contributed by atoms with van der Waals surface area (Å²) in [7, 11) is -0.903. The number of aromatic nitrogens is 1. The van der Waals surface area contributed by atoms with E-state index in [9.17, 15) is 8.42 Å². The third-order valence-electron chi connectivity index (χ3n) is 3.28. The molecule has 2 aromatic heterocycles. The van der Waals surface area contributed by atoms with Crippen LogP contribution in [0.5, 0.6) is 11.5 Å². The Morgan fingerprint density at radius 2 is 1.88 bits per heavy atom. The normalized spacial score (nSPS) is 11.0. The van der Waals surface area contributed by atoms with E-state index < -0.39 is 10.0 Å². The van der Waals surface area contributed by atoms with Gasteiger partial charge in [-0.2, -0.15) is 0 Å². The van der Waals surface area contributed by atoms with Crippen molar-refractivity contribution >= 4 is 61.1 Å². The van der Waals surface area contributed by atoms with E-state index in [-0.39, 0.29) is 22.3 Å². The molecule has 0 bridgehead atoms. The molecular weight excluding hydrogens is 407 g/mol. The largest absolute Gasteiger partial charge is 0.495 e. The second kappa shape index (κ2) is 7.65. The molecule has 6 nitrogen and oxygen atoms in total. The number of ether oxygens (including phenoxy) is 2. The smallest absolute Gasteiger partial charge is 0.271 e. The molecule has 1 N–H and O–H groups in total. The molecule has 0 fully saturated rings. The van der Waals surface area contributed by atoms with Gasteiger partial charge in [0.2, 0.25) is 0 Å². The Labute approximate surface area is 160 Å². The monoisotopic (exact) mass is 420 g/mol. The van der Waals surface area contributed by atoms with Gasteiger partial charge in [0.25, 0.3) is 10.0 Å². The van der Waals surface area contributed by atoms with E-state index in [4.69, 9.17) is 21.1 Å². The van der Waals surface area contributed by atoms with Gasteiger partial charge < -0.3 is 9.47 Å². The standard InChI is InChI=1S/C15H13ClN2O4S2.ClH/c1-21-12-7-11(13(22-2)6-10(12)16)18-24(19,20)15-5-9-8-17-4-3-14(9)23-15;/h3-8,18H,1-2H3;1H. The lowest BCUT2D eigenvalue weighted by molar-refractivity contribution is 0.405. The fourth-order valence-corrected chi connectivity index (χ4v) is 4.78. The molecule has 0 unspecified atom stereocenters. The summed E-state index contributed by atoms with van der Waals surface area (Å²) in [6, 6.07) is 6.32. The predicted molar refractivity (Wildman–Crippen MR) is 102 cm³/mol. The summed E-state index contributed by atoms with van der Waals surface area (Å²) in [5.74, 6) is 0.642. The van der Waals surface area contributed by atoms with Crippen LogP contribution in [0.1, 0.15) is 0 Å². The fraction of sp³-hybridized carbons (Fsp3) is 0.133. The van der Waals surface area contributed by atoms with Gasteiger partial charge in [0.1, 0.15) is 15.7 Å². The molecular formula is C15H14Cl2N2O4S2. The number of nitrogens with one attached hydrogen (secondary N) is 1. The van der Waals surface area contributed by atoms with Crippen LogP contribution in [0.3, 0.4) is 0 Å². The summed E-state index contributed by atoms with van der Waals surface area (Å²) in [5, 5.41) is 1.09. The van der Waals surface area contributed by atoms with E-state index in [1.807, 2.05) is 0 Å². The average Bonchev–Trinajstić information content (AvgIpc) is 3.01. The highest BCUT2D eigenvalue weighted by Gasteiger charge is 2.21. The van der Waals surface area contributed by atoms with E-state index >= 15 is 0 Å². The number of rotatable bonds is 5. The minimum atomic E-state index is -3.78. The Morgan fingerprint density at radius 3 is 2.52 bits per heavy atom. The maximum Gasteiger partial charge on any atom is 0.271 e. The first-order chi connectivity index (χ1) is 11.4. The molecule has 25 heavy (non-hydrogen) atoms. The van der Waals surface area contributed by atoms with Crippen LogP contribution in [0, 0.1) is 0 Å². The van der Waals surface area contributed by atoms with Gasteiger partial charge >= 0.3 is 0 Å². The first-order valence-corrected chi connectivity index (χ1v) is 9.40. The van der Waals surface area contributed by atoms with Gasteiger partial charge in [0.15, 0.2) is 0 Å². The van der Waals surface area contributed by atoms with Gasteiger partial charge in [-0.15, -0.1) is 23.7 Å². The molecule has 0 aliphatic rings. The first-order valence-electron chi connectivity index (χ1n) is 6.72. The van der Waals surface area contributed by atoms with E-state index in [1.165, 1.54) is 26.4 Å². The maximum atomic E-state index is 12.7. The van der Waals surface area contributed by atoms with Crippen LogP contribution >= 0.6 is 35.3 Å². The topological polar surface area (TPSA) is 77.5 Å². The quantitative estimate of drug-likeness (QED) is 0.669. The van der Waals surface area contributed by atoms with E-state index in [2.05, 4.69) is 9.71 Å². The number of pyridine rings is 1. The summed E-state index contributed by atoms with van der Waals surface area (Å²) >= 11 is 7.20. The fourth-order valence-electron chi connectivity index (χ4n) is 2.13. The Kier molecular flexibility index (Phi) is 5.99. The van der Waals surface area contributed by atoms with Crippen LogP contribution in [0.15, 0.2) is 40.9 Å². The highest BCUT2D eigenvalue weighted by molar-refractivity contribution is 7.94. The minimum absolute atomic E-state index is 0. The highest BCUT2D eigenvalue weighted by Crippen LogP contribution is 2.38. The Morgan fingerprint density at radius 1 is 1.16 bits per heavy atom. The van der Waals surface area contributed by atoms with Crippen molar-refractivity contribution in [2.75, 3.05) is 18.9 Å². The molecule has 0 saturated carbocycles. The zero-order valence-corrected chi connectivity index (χ0v) is 16.4. The molecule has 10 heteroatoms. The number of hydrogen-bond acceptors (Lipinski definition) is 6. The molecule has 134 valence electrons. The summed E-state index contributed by atoms with van der Waals surface area (Å²) in [5.41, 5.74) is 0.245.